The molecule has 3 rings (SSSR count). The summed E-state index contributed by atoms with van der Waals surface area (Å²) < 4.78 is 26.9. The maximum atomic E-state index is 13.7. The van der Waals surface area contributed by atoms with E-state index in [1.165, 1.54) is 24.3 Å². The Bertz CT molecular complexity index is 776. The summed E-state index contributed by atoms with van der Waals surface area (Å²) in [6.45, 7) is 0.184. The van der Waals surface area contributed by atoms with Gasteiger partial charge in [0.1, 0.15) is 23.8 Å². The van der Waals surface area contributed by atoms with Crippen molar-refractivity contribution in [3.63, 3.8) is 0 Å². The minimum atomic E-state index is -0.699. The van der Waals surface area contributed by atoms with Crippen LogP contribution >= 0.6 is 11.6 Å². The van der Waals surface area contributed by atoms with Crippen molar-refractivity contribution in [2.24, 2.45) is 0 Å². The molecule has 132 valence electrons. The third-order valence-corrected chi connectivity index (χ3v) is 4.00. The van der Waals surface area contributed by atoms with Crippen LogP contribution in [0.25, 0.3) is 0 Å². The minimum absolute atomic E-state index is 0.00632. The van der Waals surface area contributed by atoms with Gasteiger partial charge in [-0.2, -0.15) is 5.53 Å². The van der Waals surface area contributed by atoms with E-state index in [-0.39, 0.29) is 23.2 Å². The zero-order valence-electron chi connectivity index (χ0n) is 12.9. The molecule has 2 aromatic carbocycles. The molecule has 0 spiro atoms. The predicted molar refractivity (Wildman–Crippen MR) is 90.3 cm³/mol. The number of hydrogen-bond donors (Lipinski definition) is 5. The number of anilines is 1. The molecule has 2 aromatic rings. The molecular formula is C16H16ClF2N5O. The molecule has 1 amide bonds. The smallest absolute Gasteiger partial charge is 0.242 e. The molecule has 0 bridgehead atoms. The van der Waals surface area contributed by atoms with Crippen LogP contribution in [0.5, 0.6) is 0 Å². The van der Waals surface area contributed by atoms with Crippen molar-refractivity contribution in [1.82, 2.24) is 21.7 Å². The molecule has 0 saturated carbocycles. The molecule has 1 fully saturated rings. The van der Waals surface area contributed by atoms with Gasteiger partial charge in [0.2, 0.25) is 5.91 Å². The van der Waals surface area contributed by atoms with Crippen molar-refractivity contribution in [1.29, 1.82) is 0 Å². The van der Waals surface area contributed by atoms with Crippen molar-refractivity contribution >= 4 is 23.2 Å². The molecule has 6 nitrogen and oxygen atoms in total. The number of carbonyl (C=O) groups excluding carboxylic acids is 1. The highest BCUT2D eigenvalue weighted by Gasteiger charge is 2.33. The second-order valence-corrected chi connectivity index (χ2v) is 5.87. The van der Waals surface area contributed by atoms with E-state index in [1.807, 2.05) is 0 Å². The Balaban J connectivity index is 1.60. The summed E-state index contributed by atoms with van der Waals surface area (Å²) in [5.74, 6) is -1.26. The van der Waals surface area contributed by atoms with Gasteiger partial charge in [0, 0.05) is 6.54 Å². The highest BCUT2D eigenvalue weighted by Crippen LogP contribution is 2.16. The zero-order chi connectivity index (χ0) is 17.8. The Morgan fingerprint density at radius 1 is 1.12 bits per heavy atom. The molecule has 2 unspecified atom stereocenters. The number of amides is 1. The number of rotatable bonds is 5. The molecule has 25 heavy (non-hydrogen) atoms. The normalized spacial score (nSPS) is 19.6. The second-order valence-electron chi connectivity index (χ2n) is 5.46. The predicted octanol–water partition coefficient (Wildman–Crippen LogP) is 1.65. The van der Waals surface area contributed by atoms with Gasteiger partial charge in [-0.25, -0.2) is 19.6 Å². The van der Waals surface area contributed by atoms with Crippen molar-refractivity contribution in [2.75, 3.05) is 5.32 Å². The zero-order valence-corrected chi connectivity index (χ0v) is 13.7. The van der Waals surface area contributed by atoms with Crippen LogP contribution < -0.4 is 27.0 Å². The minimum Gasteiger partial charge on any atom is -0.365 e. The monoisotopic (exact) mass is 367 g/mol. The van der Waals surface area contributed by atoms with Crippen molar-refractivity contribution < 1.29 is 13.6 Å². The van der Waals surface area contributed by atoms with E-state index in [0.29, 0.717) is 5.56 Å². The number of halogens is 3. The lowest BCUT2D eigenvalue weighted by Crippen LogP contribution is -2.50. The summed E-state index contributed by atoms with van der Waals surface area (Å²) in [7, 11) is 0. The number of hydrazine groups is 2. The molecule has 5 N–H and O–H groups in total. The Hall–Kier alpha value is -2.26. The third-order valence-electron chi connectivity index (χ3n) is 3.71. The summed E-state index contributed by atoms with van der Waals surface area (Å²) in [4.78, 5) is 12.4. The van der Waals surface area contributed by atoms with Crippen LogP contribution in [0.2, 0.25) is 5.02 Å². The lowest BCUT2D eigenvalue weighted by atomic mass is 10.2. The number of para-hydroxylation sites is 1. The van der Waals surface area contributed by atoms with Crippen LogP contribution in [0.15, 0.2) is 42.5 Å². The van der Waals surface area contributed by atoms with Gasteiger partial charge in [0.05, 0.1) is 10.7 Å². The van der Waals surface area contributed by atoms with E-state index in [1.54, 1.807) is 18.2 Å². The van der Waals surface area contributed by atoms with Gasteiger partial charge in [-0.1, -0.05) is 29.8 Å². The van der Waals surface area contributed by atoms with Gasteiger partial charge < -0.3 is 10.6 Å². The van der Waals surface area contributed by atoms with Crippen LogP contribution in [-0.2, 0) is 11.3 Å². The van der Waals surface area contributed by atoms with E-state index < -0.39 is 23.8 Å². The summed E-state index contributed by atoms with van der Waals surface area (Å²) in [6.07, 6.45) is -0.575. The van der Waals surface area contributed by atoms with E-state index in [9.17, 15) is 13.6 Å². The van der Waals surface area contributed by atoms with E-state index in [4.69, 9.17) is 11.6 Å². The van der Waals surface area contributed by atoms with Crippen LogP contribution in [0.4, 0.5) is 14.5 Å². The van der Waals surface area contributed by atoms with Gasteiger partial charge in [-0.05, 0) is 29.8 Å². The van der Waals surface area contributed by atoms with Gasteiger partial charge in [0.15, 0.2) is 0 Å². The molecule has 0 aromatic heterocycles. The van der Waals surface area contributed by atoms with Crippen LogP contribution in [0.1, 0.15) is 5.56 Å². The molecule has 0 radical (unpaired) electrons. The highest BCUT2D eigenvalue weighted by molar-refractivity contribution is 6.30. The first kappa shape index (κ1) is 17.6. The Morgan fingerprint density at radius 3 is 2.68 bits per heavy atom. The fourth-order valence-corrected chi connectivity index (χ4v) is 2.60. The number of nitrogens with one attached hydrogen (secondary N) is 5. The first-order chi connectivity index (χ1) is 12.0. The van der Waals surface area contributed by atoms with Gasteiger partial charge in [-0.3, -0.25) is 4.79 Å². The maximum Gasteiger partial charge on any atom is 0.242 e. The van der Waals surface area contributed by atoms with E-state index in [2.05, 4.69) is 27.0 Å². The topological polar surface area (TPSA) is 77.2 Å². The average molecular weight is 368 g/mol. The van der Waals surface area contributed by atoms with Gasteiger partial charge >= 0.3 is 0 Å². The van der Waals surface area contributed by atoms with E-state index in [0.717, 1.165) is 0 Å². The Kier molecular flexibility index (Phi) is 5.44. The van der Waals surface area contributed by atoms with Crippen molar-refractivity contribution in [3.05, 3.63) is 64.7 Å². The van der Waals surface area contributed by atoms with E-state index >= 15 is 0 Å². The summed E-state index contributed by atoms with van der Waals surface area (Å²) in [6, 6.07) is 9.70. The summed E-state index contributed by atoms with van der Waals surface area (Å²) >= 11 is 5.72. The SMILES string of the molecule is O=C(NCc1ccc(F)c(Cl)c1)C1NNNC1Nc1ccccc1F. The van der Waals surface area contributed by atoms with Gasteiger partial charge in [0.25, 0.3) is 0 Å². The summed E-state index contributed by atoms with van der Waals surface area (Å²) in [5.41, 5.74) is 9.14. The summed E-state index contributed by atoms with van der Waals surface area (Å²) in [5, 5.41) is 5.63. The first-order valence-corrected chi connectivity index (χ1v) is 7.91. The Morgan fingerprint density at radius 2 is 1.92 bits per heavy atom. The first-order valence-electron chi connectivity index (χ1n) is 7.53. The largest absolute Gasteiger partial charge is 0.365 e. The highest BCUT2D eigenvalue weighted by atomic mass is 35.5. The molecule has 1 saturated heterocycles. The third kappa shape index (κ3) is 4.23. The van der Waals surface area contributed by atoms with Crippen LogP contribution in [-0.4, -0.2) is 18.1 Å². The molecule has 9 heteroatoms. The van der Waals surface area contributed by atoms with Crippen LogP contribution in [0.3, 0.4) is 0 Å². The van der Waals surface area contributed by atoms with Gasteiger partial charge in [-0.15, -0.1) is 0 Å². The van der Waals surface area contributed by atoms with Crippen molar-refractivity contribution in [3.8, 4) is 0 Å². The molecular weight excluding hydrogens is 352 g/mol. The molecule has 1 aliphatic heterocycles. The fraction of sp³-hybridized carbons (Fsp3) is 0.188. The lowest BCUT2D eigenvalue weighted by molar-refractivity contribution is -0.123. The molecule has 2 atom stereocenters. The van der Waals surface area contributed by atoms with Crippen molar-refractivity contribution in [2.45, 2.75) is 18.8 Å². The number of carbonyl (C=O) groups is 1. The molecule has 1 heterocycles. The standard InChI is InChI=1S/C16H16ClF2N5O/c17-10-7-9(5-6-11(10)18)8-20-16(25)14-15(23-24-22-14)21-13-4-2-1-3-12(13)19/h1-7,14-15,21-24H,8H2,(H,20,25). The molecule has 0 aliphatic carbocycles. The lowest BCUT2D eigenvalue weighted by Gasteiger charge is -2.20. The fourth-order valence-electron chi connectivity index (χ4n) is 2.39. The van der Waals surface area contributed by atoms with Crippen LogP contribution in [0, 0.1) is 11.6 Å². The maximum absolute atomic E-state index is 13.7. The number of hydrogen-bond acceptors (Lipinski definition) is 5. The second kappa shape index (κ2) is 7.75. The molecule has 1 aliphatic rings. The quantitative estimate of drug-likeness (QED) is 0.555. The Labute approximate surface area is 147 Å². The number of benzene rings is 2. The average Bonchev–Trinajstić information content (AvgIpc) is 3.06.